The number of amides is 4. The van der Waals surface area contributed by atoms with Crippen LogP contribution in [0.15, 0.2) is 24.3 Å². The number of aryl methyl sites for hydroxylation is 1. The molecule has 1 fully saturated rings. The molecule has 1 aliphatic heterocycles. The molecule has 9 nitrogen and oxygen atoms in total. The first kappa shape index (κ1) is 24.3. The third kappa shape index (κ3) is 8.37. The summed E-state index contributed by atoms with van der Waals surface area (Å²) in [6, 6.07) is 7.66. The maximum atomic E-state index is 12.0. The molecule has 4 amide bonds. The van der Waals surface area contributed by atoms with Crippen molar-refractivity contribution < 1.29 is 24.0 Å². The summed E-state index contributed by atoms with van der Waals surface area (Å²) in [5.74, 6) is -0.975. The van der Waals surface area contributed by atoms with Crippen LogP contribution in [0.1, 0.15) is 50.7 Å². The maximum absolute atomic E-state index is 12.0. The van der Waals surface area contributed by atoms with E-state index in [0.717, 1.165) is 43.6 Å². The Bertz CT molecular complexity index is 763. The molecular weight excluding hydrogens is 400 g/mol. The Labute approximate surface area is 183 Å². The van der Waals surface area contributed by atoms with Gasteiger partial charge in [-0.15, -0.1) is 5.06 Å². The van der Waals surface area contributed by atoms with Crippen molar-refractivity contribution in [3.05, 3.63) is 35.4 Å². The number of hydroxylamine groups is 2. The van der Waals surface area contributed by atoms with Gasteiger partial charge in [0.2, 0.25) is 5.91 Å². The Balaban J connectivity index is 1.68. The Morgan fingerprint density at radius 1 is 1.06 bits per heavy atom. The number of nitrogens with zero attached hydrogens (tertiary/aromatic N) is 2. The quantitative estimate of drug-likeness (QED) is 0.487. The van der Waals surface area contributed by atoms with Gasteiger partial charge in [-0.3, -0.25) is 14.4 Å². The zero-order chi connectivity index (χ0) is 22.6. The molecule has 0 saturated carbocycles. The molecule has 0 aliphatic carbocycles. The summed E-state index contributed by atoms with van der Waals surface area (Å²) in [7, 11) is 0. The molecule has 31 heavy (non-hydrogen) atoms. The lowest BCUT2D eigenvalue weighted by atomic mass is 10.0. The third-order valence-corrected chi connectivity index (χ3v) is 5.12. The van der Waals surface area contributed by atoms with Gasteiger partial charge in [-0.1, -0.05) is 38.1 Å². The molecule has 0 bridgehead atoms. The summed E-state index contributed by atoms with van der Waals surface area (Å²) in [5, 5.41) is 6.00. The number of carbonyl (C=O) groups excluding carboxylic acids is 4. The highest BCUT2D eigenvalue weighted by Gasteiger charge is 2.32. The van der Waals surface area contributed by atoms with Crippen LogP contribution in [0.25, 0.3) is 0 Å². The van der Waals surface area contributed by atoms with E-state index in [2.05, 4.69) is 29.4 Å². The fourth-order valence-electron chi connectivity index (χ4n) is 3.28. The van der Waals surface area contributed by atoms with Gasteiger partial charge in [-0.05, 0) is 37.1 Å². The minimum Gasteiger partial charge on any atom is -0.355 e. The molecule has 170 valence electrons. The van der Waals surface area contributed by atoms with Crippen molar-refractivity contribution in [2.24, 2.45) is 0 Å². The summed E-state index contributed by atoms with van der Waals surface area (Å²) in [6.45, 7) is 7.88. The van der Waals surface area contributed by atoms with E-state index in [-0.39, 0.29) is 25.3 Å². The van der Waals surface area contributed by atoms with Crippen molar-refractivity contribution in [1.82, 2.24) is 20.6 Å². The Morgan fingerprint density at radius 3 is 2.42 bits per heavy atom. The molecule has 1 aromatic carbocycles. The van der Waals surface area contributed by atoms with E-state index in [1.54, 1.807) is 0 Å². The molecule has 2 N–H and O–H groups in total. The molecule has 1 aliphatic rings. The Morgan fingerprint density at radius 2 is 1.74 bits per heavy atom. The normalized spacial score (nSPS) is 13.6. The van der Waals surface area contributed by atoms with E-state index in [1.807, 2.05) is 24.3 Å². The number of rotatable bonds is 12. The van der Waals surface area contributed by atoms with Gasteiger partial charge in [-0.2, -0.15) is 0 Å². The van der Waals surface area contributed by atoms with Gasteiger partial charge in [0.05, 0.1) is 0 Å². The van der Waals surface area contributed by atoms with Gasteiger partial charge in [0, 0.05) is 38.9 Å². The van der Waals surface area contributed by atoms with Crippen molar-refractivity contribution in [3.8, 4) is 0 Å². The number of imide groups is 1. The number of benzene rings is 1. The lowest BCUT2D eigenvalue weighted by Crippen LogP contribution is -2.36. The SMILES string of the molecule is CCN(CC)CCNC(=O)CCCc1cccc(CNC(=O)ON2C(=O)CCC2=O)c1. The van der Waals surface area contributed by atoms with Crippen LogP contribution in [0.5, 0.6) is 0 Å². The van der Waals surface area contributed by atoms with E-state index >= 15 is 0 Å². The van der Waals surface area contributed by atoms with E-state index < -0.39 is 17.9 Å². The van der Waals surface area contributed by atoms with Crippen molar-refractivity contribution in [2.75, 3.05) is 26.2 Å². The van der Waals surface area contributed by atoms with Gasteiger partial charge in [-0.25, -0.2) is 4.79 Å². The second-order valence-electron chi connectivity index (χ2n) is 7.36. The van der Waals surface area contributed by atoms with Gasteiger partial charge in [0.25, 0.3) is 11.8 Å². The molecule has 0 atom stereocenters. The molecule has 0 radical (unpaired) electrons. The predicted octanol–water partition coefficient (Wildman–Crippen LogP) is 1.76. The highest BCUT2D eigenvalue weighted by molar-refractivity contribution is 6.01. The minimum absolute atomic E-state index is 0.0544. The Kier molecular flexibility index (Phi) is 9.96. The van der Waals surface area contributed by atoms with E-state index in [0.29, 0.717) is 18.0 Å². The highest BCUT2D eigenvalue weighted by atomic mass is 16.7. The molecule has 9 heteroatoms. The number of hydrogen-bond acceptors (Lipinski definition) is 6. The summed E-state index contributed by atoms with van der Waals surface area (Å²) in [4.78, 5) is 53.8. The minimum atomic E-state index is -0.851. The first-order valence-corrected chi connectivity index (χ1v) is 10.8. The fraction of sp³-hybridized carbons (Fsp3) is 0.545. The van der Waals surface area contributed by atoms with Gasteiger partial charge < -0.3 is 20.4 Å². The summed E-state index contributed by atoms with van der Waals surface area (Å²) in [6.07, 6.45) is 1.21. The average molecular weight is 433 g/mol. The molecule has 1 aromatic rings. The van der Waals surface area contributed by atoms with Gasteiger partial charge >= 0.3 is 6.09 Å². The molecule has 0 aromatic heterocycles. The van der Waals surface area contributed by atoms with Crippen LogP contribution in [0, 0.1) is 0 Å². The smallest absolute Gasteiger partial charge is 0.355 e. The van der Waals surface area contributed by atoms with E-state index in [9.17, 15) is 19.2 Å². The number of carbonyl (C=O) groups is 4. The van der Waals surface area contributed by atoms with E-state index in [1.165, 1.54) is 0 Å². The van der Waals surface area contributed by atoms with Crippen molar-refractivity contribution in [3.63, 3.8) is 0 Å². The molecule has 0 unspecified atom stereocenters. The van der Waals surface area contributed by atoms with Crippen molar-refractivity contribution in [1.29, 1.82) is 0 Å². The van der Waals surface area contributed by atoms with Crippen LogP contribution in [-0.4, -0.2) is 60.0 Å². The summed E-state index contributed by atoms with van der Waals surface area (Å²) >= 11 is 0. The molecule has 1 heterocycles. The summed E-state index contributed by atoms with van der Waals surface area (Å²) < 4.78 is 0. The first-order valence-electron chi connectivity index (χ1n) is 10.8. The number of hydrogen-bond donors (Lipinski definition) is 2. The fourth-order valence-corrected chi connectivity index (χ4v) is 3.28. The molecular formula is C22H32N4O5. The van der Waals surface area contributed by atoms with Crippen LogP contribution < -0.4 is 10.6 Å². The van der Waals surface area contributed by atoms with Crippen LogP contribution in [-0.2, 0) is 32.2 Å². The predicted molar refractivity (Wildman–Crippen MR) is 115 cm³/mol. The molecule has 0 spiro atoms. The highest BCUT2D eigenvalue weighted by Crippen LogP contribution is 2.12. The first-order chi connectivity index (χ1) is 14.9. The standard InChI is InChI=1S/C22H32N4O5/c1-3-25(4-2)14-13-23-19(27)10-6-8-17-7-5-9-18(15-17)16-24-22(30)31-26-20(28)11-12-21(26)29/h5,7,9,15H,3-4,6,8,10-14,16H2,1-2H3,(H,23,27)(H,24,30). The number of nitrogens with one attached hydrogen (secondary N) is 2. The second-order valence-corrected chi connectivity index (χ2v) is 7.36. The number of likely N-dealkylation sites (N-methyl/N-ethyl adjacent to an activating group) is 1. The maximum Gasteiger partial charge on any atom is 0.432 e. The van der Waals surface area contributed by atoms with Crippen molar-refractivity contribution >= 4 is 23.8 Å². The van der Waals surface area contributed by atoms with Crippen molar-refractivity contribution in [2.45, 2.75) is 52.5 Å². The third-order valence-electron chi connectivity index (χ3n) is 5.12. The Hall–Kier alpha value is -2.94. The van der Waals surface area contributed by atoms with Gasteiger partial charge in [0.1, 0.15) is 0 Å². The second kappa shape index (κ2) is 12.7. The monoisotopic (exact) mass is 432 g/mol. The van der Waals surface area contributed by atoms with E-state index in [4.69, 9.17) is 4.84 Å². The average Bonchev–Trinajstić information content (AvgIpc) is 3.07. The topological polar surface area (TPSA) is 108 Å². The summed E-state index contributed by atoms with van der Waals surface area (Å²) in [5.41, 5.74) is 1.92. The van der Waals surface area contributed by atoms with Crippen LogP contribution in [0.2, 0.25) is 0 Å². The largest absolute Gasteiger partial charge is 0.432 e. The lowest BCUT2D eigenvalue weighted by molar-refractivity contribution is -0.171. The zero-order valence-electron chi connectivity index (χ0n) is 18.3. The zero-order valence-corrected chi connectivity index (χ0v) is 18.3. The van der Waals surface area contributed by atoms with Crippen LogP contribution >= 0.6 is 0 Å². The lowest BCUT2D eigenvalue weighted by Gasteiger charge is -2.17. The molecule has 1 saturated heterocycles. The molecule has 2 rings (SSSR count). The van der Waals surface area contributed by atoms with Crippen LogP contribution in [0.4, 0.5) is 4.79 Å². The van der Waals surface area contributed by atoms with Gasteiger partial charge in [0.15, 0.2) is 0 Å². The van der Waals surface area contributed by atoms with Crippen LogP contribution in [0.3, 0.4) is 0 Å².